The summed E-state index contributed by atoms with van der Waals surface area (Å²) in [5.41, 5.74) is 0. The van der Waals surface area contributed by atoms with Crippen LogP contribution in [0.5, 0.6) is 0 Å². The second-order valence-corrected chi connectivity index (χ2v) is 4.40. The Kier molecular flexibility index (Phi) is 3.99. The van der Waals surface area contributed by atoms with Crippen molar-refractivity contribution in [3.05, 3.63) is 0 Å². The molecule has 0 aromatic rings. The van der Waals surface area contributed by atoms with E-state index >= 15 is 0 Å². The first-order valence-electron chi connectivity index (χ1n) is 5.40. The largest absolute Gasteiger partial charge is 0.463 e. The average Bonchev–Trinajstić information content (AvgIpc) is 2.40. The summed E-state index contributed by atoms with van der Waals surface area (Å²) in [7, 11) is 0. The lowest BCUT2D eigenvalue weighted by Gasteiger charge is -2.26. The molecule has 7 heteroatoms. The SMILES string of the molecule is CC1CCCN(C(=O)C(F)(F)C(F)(F)F)CC1. The first kappa shape index (κ1) is 14.2. The van der Waals surface area contributed by atoms with E-state index in [1.807, 2.05) is 6.92 Å². The maximum absolute atomic E-state index is 12.8. The lowest BCUT2D eigenvalue weighted by atomic mass is 10.0. The summed E-state index contributed by atoms with van der Waals surface area (Å²) in [6, 6.07) is 0. The van der Waals surface area contributed by atoms with Gasteiger partial charge in [0.15, 0.2) is 0 Å². The number of hydrogen-bond acceptors (Lipinski definition) is 1. The molecule has 1 amide bonds. The van der Waals surface area contributed by atoms with Gasteiger partial charge in [-0.1, -0.05) is 6.92 Å². The van der Waals surface area contributed by atoms with Crippen LogP contribution in [0.25, 0.3) is 0 Å². The molecule has 1 rings (SSSR count). The quantitative estimate of drug-likeness (QED) is 0.663. The molecular weight excluding hydrogens is 245 g/mol. The number of rotatable bonds is 1. The fourth-order valence-corrected chi connectivity index (χ4v) is 1.79. The van der Waals surface area contributed by atoms with E-state index < -0.39 is 18.0 Å². The van der Waals surface area contributed by atoms with Crippen LogP contribution in [0.3, 0.4) is 0 Å². The van der Waals surface area contributed by atoms with Crippen LogP contribution in [-0.4, -0.2) is 36.0 Å². The molecule has 1 aliphatic heterocycles. The van der Waals surface area contributed by atoms with Crippen molar-refractivity contribution >= 4 is 5.91 Å². The van der Waals surface area contributed by atoms with Crippen LogP contribution < -0.4 is 0 Å². The molecule has 2 nitrogen and oxygen atoms in total. The molecule has 1 saturated heterocycles. The molecule has 100 valence electrons. The Morgan fingerprint density at radius 3 is 2.24 bits per heavy atom. The van der Waals surface area contributed by atoms with Crippen LogP contribution in [0, 0.1) is 5.92 Å². The van der Waals surface area contributed by atoms with Gasteiger partial charge in [0.1, 0.15) is 0 Å². The smallest absolute Gasteiger partial charge is 0.337 e. The highest BCUT2D eigenvalue weighted by atomic mass is 19.4. The van der Waals surface area contributed by atoms with Gasteiger partial charge in [0.05, 0.1) is 0 Å². The number of alkyl halides is 5. The van der Waals surface area contributed by atoms with Gasteiger partial charge in [-0.25, -0.2) is 0 Å². The van der Waals surface area contributed by atoms with E-state index in [0.29, 0.717) is 17.7 Å². The van der Waals surface area contributed by atoms with Gasteiger partial charge in [0, 0.05) is 13.1 Å². The summed E-state index contributed by atoms with van der Waals surface area (Å²) in [6.45, 7) is 1.82. The van der Waals surface area contributed by atoms with Crippen molar-refractivity contribution in [2.45, 2.75) is 38.3 Å². The maximum atomic E-state index is 12.8. The minimum atomic E-state index is -5.82. The van der Waals surface area contributed by atoms with Crippen molar-refractivity contribution in [3.8, 4) is 0 Å². The van der Waals surface area contributed by atoms with E-state index in [4.69, 9.17) is 0 Å². The molecule has 0 aromatic heterocycles. The van der Waals surface area contributed by atoms with E-state index in [1.54, 1.807) is 0 Å². The van der Waals surface area contributed by atoms with E-state index in [1.165, 1.54) is 0 Å². The fraction of sp³-hybridized carbons (Fsp3) is 0.900. The zero-order valence-corrected chi connectivity index (χ0v) is 9.36. The molecule has 1 aliphatic rings. The molecule has 0 saturated carbocycles. The number of amides is 1. The van der Waals surface area contributed by atoms with Crippen molar-refractivity contribution in [1.29, 1.82) is 0 Å². The van der Waals surface area contributed by atoms with E-state index in [2.05, 4.69) is 0 Å². The summed E-state index contributed by atoms with van der Waals surface area (Å²) in [5.74, 6) is -7.16. The van der Waals surface area contributed by atoms with Crippen LogP contribution >= 0.6 is 0 Å². The van der Waals surface area contributed by atoms with E-state index in [-0.39, 0.29) is 19.0 Å². The molecule has 0 aromatic carbocycles. The summed E-state index contributed by atoms with van der Waals surface area (Å²) in [4.78, 5) is 11.8. The van der Waals surface area contributed by atoms with Gasteiger partial charge < -0.3 is 4.90 Å². The second kappa shape index (κ2) is 4.78. The maximum Gasteiger partial charge on any atom is 0.463 e. The molecule has 1 unspecified atom stereocenters. The van der Waals surface area contributed by atoms with Gasteiger partial charge in [-0.2, -0.15) is 22.0 Å². The standard InChI is InChI=1S/C10H14F5NO/c1-7-3-2-5-16(6-4-7)8(17)9(11,12)10(13,14)15/h7H,2-6H2,1H3. The Morgan fingerprint density at radius 2 is 1.71 bits per heavy atom. The van der Waals surface area contributed by atoms with Crippen LogP contribution in [0.15, 0.2) is 0 Å². The van der Waals surface area contributed by atoms with Crippen LogP contribution in [-0.2, 0) is 4.79 Å². The van der Waals surface area contributed by atoms with Crippen LogP contribution in [0.1, 0.15) is 26.2 Å². The van der Waals surface area contributed by atoms with Gasteiger partial charge >= 0.3 is 18.0 Å². The summed E-state index contributed by atoms with van der Waals surface area (Å²) in [5, 5.41) is 0. The monoisotopic (exact) mass is 259 g/mol. The normalized spacial score (nSPS) is 23.4. The Morgan fingerprint density at radius 1 is 1.12 bits per heavy atom. The Bertz CT molecular complexity index is 289. The number of carbonyl (C=O) groups excluding carboxylic acids is 1. The van der Waals surface area contributed by atoms with Crippen molar-refractivity contribution in [2.75, 3.05) is 13.1 Å². The third kappa shape index (κ3) is 3.07. The van der Waals surface area contributed by atoms with Crippen LogP contribution in [0.2, 0.25) is 0 Å². The van der Waals surface area contributed by atoms with Gasteiger partial charge in [-0.15, -0.1) is 0 Å². The highest BCUT2D eigenvalue weighted by molar-refractivity contribution is 5.84. The summed E-state index contributed by atoms with van der Waals surface area (Å²) >= 11 is 0. The van der Waals surface area contributed by atoms with Gasteiger partial charge in [-0.3, -0.25) is 4.79 Å². The summed E-state index contributed by atoms with van der Waals surface area (Å²) in [6.07, 6.45) is -4.16. The first-order valence-corrected chi connectivity index (χ1v) is 5.40. The lowest BCUT2D eigenvalue weighted by molar-refractivity contribution is -0.274. The van der Waals surface area contributed by atoms with Crippen molar-refractivity contribution < 1.29 is 26.7 Å². The van der Waals surface area contributed by atoms with Crippen molar-refractivity contribution in [3.63, 3.8) is 0 Å². The summed E-state index contributed by atoms with van der Waals surface area (Å²) < 4.78 is 61.7. The average molecular weight is 259 g/mol. The van der Waals surface area contributed by atoms with Gasteiger partial charge in [0.25, 0.3) is 0 Å². The molecule has 0 spiro atoms. The Balaban J connectivity index is 2.76. The topological polar surface area (TPSA) is 20.3 Å². The predicted octanol–water partition coefficient (Wildman–Crippen LogP) is 2.83. The number of hydrogen-bond donors (Lipinski definition) is 0. The zero-order chi connectivity index (χ0) is 13.3. The molecular formula is C10H14F5NO. The van der Waals surface area contributed by atoms with Crippen LogP contribution in [0.4, 0.5) is 22.0 Å². The molecule has 0 radical (unpaired) electrons. The molecule has 0 bridgehead atoms. The minimum Gasteiger partial charge on any atom is -0.337 e. The van der Waals surface area contributed by atoms with E-state index in [9.17, 15) is 26.7 Å². The molecule has 17 heavy (non-hydrogen) atoms. The van der Waals surface area contributed by atoms with Gasteiger partial charge in [-0.05, 0) is 25.2 Å². The number of halogens is 5. The zero-order valence-electron chi connectivity index (χ0n) is 9.36. The Hall–Kier alpha value is -0.880. The number of carbonyl (C=O) groups is 1. The molecule has 0 aliphatic carbocycles. The first-order chi connectivity index (χ1) is 7.66. The van der Waals surface area contributed by atoms with Gasteiger partial charge in [0.2, 0.25) is 0 Å². The lowest BCUT2D eigenvalue weighted by Crippen LogP contribution is -2.52. The molecule has 1 atom stereocenters. The van der Waals surface area contributed by atoms with E-state index in [0.717, 1.165) is 6.42 Å². The highest BCUT2D eigenvalue weighted by Crippen LogP contribution is 2.37. The minimum absolute atomic E-state index is 0.0329. The number of likely N-dealkylation sites (tertiary alicyclic amines) is 1. The Labute approximate surface area is 95.8 Å². The van der Waals surface area contributed by atoms with Crippen molar-refractivity contribution in [1.82, 2.24) is 4.90 Å². The molecule has 0 N–H and O–H groups in total. The molecule has 1 heterocycles. The van der Waals surface area contributed by atoms with Crippen molar-refractivity contribution in [2.24, 2.45) is 5.92 Å². The third-order valence-corrected chi connectivity index (χ3v) is 2.93. The second-order valence-electron chi connectivity index (χ2n) is 4.40. The highest BCUT2D eigenvalue weighted by Gasteiger charge is 2.64. The molecule has 1 fully saturated rings. The predicted molar refractivity (Wildman–Crippen MR) is 50.6 cm³/mol. The third-order valence-electron chi connectivity index (χ3n) is 2.93. The number of nitrogens with zero attached hydrogens (tertiary/aromatic N) is 1. The fourth-order valence-electron chi connectivity index (χ4n) is 1.79.